The first kappa shape index (κ1) is 19.3. The number of aromatic nitrogens is 2. The summed E-state index contributed by atoms with van der Waals surface area (Å²) < 4.78 is 5.82. The second-order valence-electron chi connectivity index (χ2n) is 7.56. The van der Waals surface area contributed by atoms with Crippen molar-refractivity contribution in [3.63, 3.8) is 0 Å². The average Bonchev–Trinajstić information content (AvgIpc) is 3.18. The molecule has 0 aliphatic carbocycles. The quantitative estimate of drug-likeness (QED) is 0.375. The van der Waals surface area contributed by atoms with E-state index in [0.29, 0.717) is 23.5 Å². The van der Waals surface area contributed by atoms with Gasteiger partial charge < -0.3 is 9.52 Å². The number of rotatable bonds is 8. The fourth-order valence-corrected chi connectivity index (χ4v) is 3.49. The predicted molar refractivity (Wildman–Crippen MR) is 116 cm³/mol. The minimum atomic E-state index is -0.691. The zero-order valence-corrected chi connectivity index (χ0v) is 16.7. The monoisotopic (exact) mass is 386 g/mol. The Morgan fingerprint density at radius 2 is 1.72 bits per heavy atom. The molecule has 0 saturated carbocycles. The fourth-order valence-electron chi connectivity index (χ4n) is 3.49. The predicted octanol–water partition coefficient (Wildman–Crippen LogP) is 6.03. The van der Waals surface area contributed by atoms with E-state index in [4.69, 9.17) is 4.42 Å². The molecule has 4 nitrogen and oxygen atoms in total. The van der Waals surface area contributed by atoms with Crippen molar-refractivity contribution in [1.29, 1.82) is 0 Å². The molecular weight excluding hydrogens is 360 g/mol. The molecule has 0 aliphatic rings. The first-order valence-electron chi connectivity index (χ1n) is 10.2. The van der Waals surface area contributed by atoms with Crippen molar-refractivity contribution in [2.24, 2.45) is 0 Å². The third kappa shape index (κ3) is 4.90. The van der Waals surface area contributed by atoms with Crippen molar-refractivity contribution in [2.75, 3.05) is 0 Å². The van der Waals surface area contributed by atoms with Crippen LogP contribution in [0.15, 0.2) is 71.3 Å². The van der Waals surface area contributed by atoms with E-state index in [9.17, 15) is 5.11 Å². The van der Waals surface area contributed by atoms with Gasteiger partial charge in [0.05, 0.1) is 0 Å². The van der Waals surface area contributed by atoms with E-state index in [1.165, 1.54) is 11.1 Å². The summed E-state index contributed by atoms with van der Waals surface area (Å²) >= 11 is 0. The highest BCUT2D eigenvalue weighted by atomic mass is 16.4. The van der Waals surface area contributed by atoms with Gasteiger partial charge >= 0.3 is 0 Å². The molecule has 4 aromatic rings. The van der Waals surface area contributed by atoms with E-state index in [1.54, 1.807) is 6.20 Å². The number of unbranched alkanes of at least 4 members (excludes halogenated alkanes) is 2. The van der Waals surface area contributed by atoms with Crippen LogP contribution in [-0.4, -0.2) is 15.1 Å². The van der Waals surface area contributed by atoms with E-state index in [2.05, 4.69) is 65.4 Å². The second kappa shape index (κ2) is 9.01. The highest BCUT2D eigenvalue weighted by Crippen LogP contribution is 2.27. The van der Waals surface area contributed by atoms with E-state index >= 15 is 0 Å². The summed E-state index contributed by atoms with van der Waals surface area (Å²) in [4.78, 5) is 8.79. The maximum absolute atomic E-state index is 10.5. The number of oxazole rings is 1. The molecule has 4 rings (SSSR count). The molecule has 4 heteroatoms. The van der Waals surface area contributed by atoms with Crippen LogP contribution in [0.5, 0.6) is 0 Å². The van der Waals surface area contributed by atoms with Crippen LogP contribution >= 0.6 is 0 Å². The van der Waals surface area contributed by atoms with Gasteiger partial charge in [-0.25, -0.2) is 4.98 Å². The standard InChI is InChI=1S/C25H26N2O2/c1-18-12-14-20(15-13-18)21-16-23-24(26-17-21)27-25(29-23)22(28)11-7-3-6-10-19-8-4-2-5-9-19/h2,4-5,8-9,12-17,22,28H,3,6-7,10-11H2,1H3. The van der Waals surface area contributed by atoms with Gasteiger partial charge in [-0.2, -0.15) is 4.98 Å². The number of hydrogen-bond acceptors (Lipinski definition) is 4. The maximum atomic E-state index is 10.5. The van der Waals surface area contributed by atoms with Crippen LogP contribution in [0.25, 0.3) is 22.4 Å². The lowest BCUT2D eigenvalue weighted by molar-refractivity contribution is 0.133. The average molecular weight is 386 g/mol. The van der Waals surface area contributed by atoms with Gasteiger partial charge in [0.25, 0.3) is 0 Å². The van der Waals surface area contributed by atoms with Crippen LogP contribution < -0.4 is 0 Å². The molecule has 2 aromatic heterocycles. The van der Waals surface area contributed by atoms with Gasteiger partial charge in [0.1, 0.15) is 6.10 Å². The van der Waals surface area contributed by atoms with Gasteiger partial charge in [0, 0.05) is 11.8 Å². The molecule has 0 amide bonds. The lowest BCUT2D eigenvalue weighted by Crippen LogP contribution is -1.98. The number of hydrogen-bond donors (Lipinski definition) is 1. The molecule has 0 radical (unpaired) electrons. The topological polar surface area (TPSA) is 59.2 Å². The van der Waals surface area contributed by atoms with Gasteiger partial charge in [0.15, 0.2) is 11.2 Å². The molecule has 1 atom stereocenters. The van der Waals surface area contributed by atoms with Crippen LogP contribution in [0, 0.1) is 6.92 Å². The molecule has 0 spiro atoms. The number of pyridine rings is 1. The van der Waals surface area contributed by atoms with Crippen molar-refractivity contribution < 1.29 is 9.52 Å². The Balaban J connectivity index is 1.34. The summed E-state index contributed by atoms with van der Waals surface area (Å²) in [5.74, 6) is 0.358. The van der Waals surface area contributed by atoms with Crippen molar-refractivity contribution in [1.82, 2.24) is 9.97 Å². The third-order valence-electron chi connectivity index (χ3n) is 5.22. The number of aliphatic hydroxyl groups excluding tert-OH is 1. The SMILES string of the molecule is Cc1ccc(-c2cnc3nc(C(O)CCCCCc4ccccc4)oc3c2)cc1. The fraction of sp³-hybridized carbons (Fsp3) is 0.280. The normalized spacial score (nSPS) is 12.3. The molecule has 2 heterocycles. The molecule has 2 aromatic carbocycles. The third-order valence-corrected chi connectivity index (χ3v) is 5.22. The summed E-state index contributed by atoms with van der Waals surface area (Å²) in [5.41, 5.74) is 5.80. The Bertz CT molecular complexity index is 1060. The Morgan fingerprint density at radius 1 is 0.931 bits per heavy atom. The highest BCUT2D eigenvalue weighted by Gasteiger charge is 2.16. The minimum Gasteiger partial charge on any atom is -0.436 e. The minimum absolute atomic E-state index is 0.358. The Hall–Kier alpha value is -2.98. The molecule has 0 bridgehead atoms. The maximum Gasteiger partial charge on any atom is 0.225 e. The van der Waals surface area contributed by atoms with E-state index in [0.717, 1.165) is 36.8 Å². The summed E-state index contributed by atoms with van der Waals surface area (Å²) in [6.07, 6.45) is 5.96. The molecule has 148 valence electrons. The second-order valence-corrected chi connectivity index (χ2v) is 7.56. The largest absolute Gasteiger partial charge is 0.436 e. The van der Waals surface area contributed by atoms with Crippen molar-refractivity contribution in [3.8, 4) is 11.1 Å². The van der Waals surface area contributed by atoms with Gasteiger partial charge in [-0.3, -0.25) is 0 Å². The van der Waals surface area contributed by atoms with E-state index in [1.807, 2.05) is 12.1 Å². The van der Waals surface area contributed by atoms with Crippen LogP contribution in [0.1, 0.15) is 48.8 Å². The summed E-state index contributed by atoms with van der Waals surface area (Å²) in [7, 11) is 0. The Kier molecular flexibility index (Phi) is 6.01. The number of fused-ring (bicyclic) bond motifs is 1. The zero-order valence-electron chi connectivity index (χ0n) is 16.7. The highest BCUT2D eigenvalue weighted by molar-refractivity contribution is 5.76. The van der Waals surface area contributed by atoms with Crippen molar-refractivity contribution in [2.45, 2.75) is 45.1 Å². The molecule has 0 saturated heterocycles. The number of benzene rings is 2. The van der Waals surface area contributed by atoms with Crippen LogP contribution in [-0.2, 0) is 6.42 Å². The first-order chi connectivity index (χ1) is 14.2. The molecule has 0 fully saturated rings. The van der Waals surface area contributed by atoms with Gasteiger partial charge in [0.2, 0.25) is 5.89 Å². The van der Waals surface area contributed by atoms with Gasteiger partial charge in [-0.05, 0) is 43.4 Å². The zero-order chi connectivity index (χ0) is 20.1. The number of aliphatic hydroxyl groups is 1. The lowest BCUT2D eigenvalue weighted by atomic mass is 10.0. The number of aryl methyl sites for hydroxylation is 2. The molecular formula is C25H26N2O2. The molecule has 0 aliphatic heterocycles. The van der Waals surface area contributed by atoms with Crippen LogP contribution in [0.3, 0.4) is 0 Å². The van der Waals surface area contributed by atoms with Crippen molar-refractivity contribution in [3.05, 3.63) is 83.9 Å². The molecule has 29 heavy (non-hydrogen) atoms. The smallest absolute Gasteiger partial charge is 0.225 e. The van der Waals surface area contributed by atoms with Crippen molar-refractivity contribution >= 4 is 11.2 Å². The van der Waals surface area contributed by atoms with E-state index < -0.39 is 6.10 Å². The Morgan fingerprint density at radius 3 is 2.52 bits per heavy atom. The van der Waals surface area contributed by atoms with Gasteiger partial charge in [-0.1, -0.05) is 73.0 Å². The van der Waals surface area contributed by atoms with Crippen LogP contribution in [0.2, 0.25) is 0 Å². The number of nitrogens with zero attached hydrogens (tertiary/aromatic N) is 2. The van der Waals surface area contributed by atoms with Gasteiger partial charge in [-0.15, -0.1) is 0 Å². The summed E-state index contributed by atoms with van der Waals surface area (Å²) in [6, 6.07) is 20.7. The molecule has 1 unspecified atom stereocenters. The first-order valence-corrected chi connectivity index (χ1v) is 10.2. The Labute approximate surface area is 171 Å². The summed E-state index contributed by atoms with van der Waals surface area (Å²) in [6.45, 7) is 2.07. The summed E-state index contributed by atoms with van der Waals surface area (Å²) in [5, 5.41) is 10.5. The lowest BCUT2D eigenvalue weighted by Gasteiger charge is -2.06. The van der Waals surface area contributed by atoms with E-state index in [-0.39, 0.29) is 0 Å². The molecule has 1 N–H and O–H groups in total. The van der Waals surface area contributed by atoms with Crippen LogP contribution in [0.4, 0.5) is 0 Å².